The van der Waals surface area contributed by atoms with Crippen molar-refractivity contribution < 1.29 is 8.42 Å². The van der Waals surface area contributed by atoms with E-state index in [1.807, 2.05) is 32.0 Å². The van der Waals surface area contributed by atoms with Crippen LogP contribution in [0.15, 0.2) is 24.3 Å². The first kappa shape index (κ1) is 16.7. The molecule has 1 aliphatic rings. The van der Waals surface area contributed by atoms with Crippen molar-refractivity contribution in [2.75, 3.05) is 12.8 Å². The monoisotopic (exact) mass is 330 g/mol. The molecule has 2 rings (SSSR count). The first-order valence-corrected chi connectivity index (χ1v) is 9.39. The van der Waals surface area contributed by atoms with Gasteiger partial charge in [-0.25, -0.2) is 13.1 Å². The molecule has 0 unspecified atom stereocenters. The predicted molar refractivity (Wildman–Crippen MR) is 87.3 cm³/mol. The third-order valence-corrected chi connectivity index (χ3v) is 4.91. The van der Waals surface area contributed by atoms with Crippen LogP contribution in [0.5, 0.6) is 0 Å². The van der Waals surface area contributed by atoms with Gasteiger partial charge in [-0.1, -0.05) is 23.7 Å². The summed E-state index contributed by atoms with van der Waals surface area (Å²) in [6.45, 7) is 4.38. The van der Waals surface area contributed by atoms with Crippen LogP contribution in [0.3, 0.4) is 0 Å². The lowest BCUT2D eigenvalue weighted by atomic mass is 9.75. The lowest BCUT2D eigenvalue weighted by Gasteiger charge is -2.38. The lowest BCUT2D eigenvalue weighted by molar-refractivity contribution is 0.268. The van der Waals surface area contributed by atoms with Gasteiger partial charge in [-0.3, -0.25) is 0 Å². The van der Waals surface area contributed by atoms with Crippen molar-refractivity contribution in [1.82, 2.24) is 10.0 Å². The molecule has 2 N–H and O–H groups in total. The Labute approximate surface area is 132 Å². The van der Waals surface area contributed by atoms with Crippen LogP contribution < -0.4 is 10.0 Å². The molecule has 0 heterocycles. The Morgan fingerprint density at radius 1 is 1.33 bits per heavy atom. The molecule has 0 bridgehead atoms. The summed E-state index contributed by atoms with van der Waals surface area (Å²) < 4.78 is 25.2. The van der Waals surface area contributed by atoms with E-state index in [2.05, 4.69) is 16.1 Å². The average Bonchev–Trinajstić information content (AvgIpc) is 2.23. The van der Waals surface area contributed by atoms with E-state index in [-0.39, 0.29) is 0 Å². The van der Waals surface area contributed by atoms with Crippen molar-refractivity contribution in [3.05, 3.63) is 34.9 Å². The van der Waals surface area contributed by atoms with Gasteiger partial charge < -0.3 is 5.32 Å². The molecule has 4 nitrogen and oxygen atoms in total. The topological polar surface area (TPSA) is 58.2 Å². The number of hydrogen-bond acceptors (Lipinski definition) is 3. The van der Waals surface area contributed by atoms with Crippen LogP contribution >= 0.6 is 11.6 Å². The van der Waals surface area contributed by atoms with Gasteiger partial charge in [-0.2, -0.15) is 0 Å². The number of benzene rings is 1. The maximum atomic E-state index is 11.3. The van der Waals surface area contributed by atoms with Crippen molar-refractivity contribution in [3.8, 4) is 0 Å². The third kappa shape index (κ3) is 5.25. The van der Waals surface area contributed by atoms with E-state index in [9.17, 15) is 8.42 Å². The molecule has 1 saturated carbocycles. The number of rotatable bonds is 6. The largest absolute Gasteiger partial charge is 0.312 e. The Morgan fingerprint density at radius 3 is 2.57 bits per heavy atom. The highest BCUT2D eigenvalue weighted by Crippen LogP contribution is 2.37. The molecule has 1 aliphatic carbocycles. The van der Waals surface area contributed by atoms with Gasteiger partial charge >= 0.3 is 0 Å². The second kappa shape index (κ2) is 6.24. The number of hydrogen-bond donors (Lipinski definition) is 2. The summed E-state index contributed by atoms with van der Waals surface area (Å²) in [4.78, 5) is 0. The Bertz CT molecular complexity index is 595. The maximum absolute atomic E-state index is 11.3. The molecule has 1 aromatic rings. The fourth-order valence-corrected chi connectivity index (χ4v) is 4.03. The molecule has 1 fully saturated rings. The molecule has 1 aromatic carbocycles. The van der Waals surface area contributed by atoms with Crippen LogP contribution in [-0.4, -0.2) is 32.8 Å². The van der Waals surface area contributed by atoms with Crippen molar-refractivity contribution in [1.29, 1.82) is 0 Å². The molecule has 0 spiro atoms. The summed E-state index contributed by atoms with van der Waals surface area (Å²) >= 11 is 6.01. The molecule has 0 amide bonds. The average molecular weight is 331 g/mol. The minimum absolute atomic E-state index is 0.439. The fraction of sp³-hybridized carbons (Fsp3) is 0.600. The van der Waals surface area contributed by atoms with Gasteiger partial charge in [0.15, 0.2) is 0 Å². The molecular formula is C15H23ClN2O2S. The van der Waals surface area contributed by atoms with E-state index < -0.39 is 15.6 Å². The minimum atomic E-state index is -3.18. The Balaban J connectivity index is 1.78. The molecule has 21 heavy (non-hydrogen) atoms. The molecule has 0 radical (unpaired) electrons. The zero-order chi connectivity index (χ0) is 15.7. The predicted octanol–water partition coefficient (Wildman–Crippen LogP) is 2.50. The van der Waals surface area contributed by atoms with Crippen LogP contribution in [0.2, 0.25) is 5.02 Å². The molecule has 0 aliphatic heterocycles. The first-order valence-electron chi connectivity index (χ1n) is 7.12. The van der Waals surface area contributed by atoms with E-state index in [4.69, 9.17) is 11.6 Å². The van der Waals surface area contributed by atoms with Gasteiger partial charge in [0.1, 0.15) is 0 Å². The standard InChI is InChI=1S/C15H23ClN2O2S/c1-15(2,18-21(3,19)20)10-17-14-8-12(9-14)11-5-4-6-13(16)7-11/h4-7,12,14,17-18H,8-10H2,1-3H3. The summed E-state index contributed by atoms with van der Waals surface area (Å²) in [6, 6.07) is 8.45. The van der Waals surface area contributed by atoms with Crippen LogP contribution in [0.4, 0.5) is 0 Å². The van der Waals surface area contributed by atoms with Gasteiger partial charge in [-0.05, 0) is 50.3 Å². The third-order valence-electron chi connectivity index (χ3n) is 3.75. The van der Waals surface area contributed by atoms with E-state index >= 15 is 0 Å². The number of halogens is 1. The molecule has 0 aromatic heterocycles. The highest BCUT2D eigenvalue weighted by Gasteiger charge is 2.32. The van der Waals surface area contributed by atoms with E-state index in [0.29, 0.717) is 18.5 Å². The van der Waals surface area contributed by atoms with Crippen molar-refractivity contribution >= 4 is 21.6 Å². The van der Waals surface area contributed by atoms with Crippen molar-refractivity contribution in [2.45, 2.75) is 44.2 Å². The van der Waals surface area contributed by atoms with Crippen molar-refractivity contribution in [3.63, 3.8) is 0 Å². The maximum Gasteiger partial charge on any atom is 0.209 e. The van der Waals surface area contributed by atoms with Crippen molar-refractivity contribution in [2.24, 2.45) is 0 Å². The second-order valence-corrected chi connectivity index (χ2v) is 8.74. The molecular weight excluding hydrogens is 308 g/mol. The summed E-state index contributed by atoms with van der Waals surface area (Å²) in [5.41, 5.74) is 0.809. The minimum Gasteiger partial charge on any atom is -0.312 e. The van der Waals surface area contributed by atoms with Crippen LogP contribution in [0.1, 0.15) is 38.2 Å². The molecule has 0 saturated heterocycles. The smallest absolute Gasteiger partial charge is 0.209 e. The van der Waals surface area contributed by atoms with E-state index in [1.165, 1.54) is 11.8 Å². The van der Waals surface area contributed by atoms with Gasteiger partial charge in [0.25, 0.3) is 0 Å². The SMILES string of the molecule is CC(C)(CNC1CC(c2cccc(Cl)c2)C1)NS(C)(=O)=O. The normalized spacial score (nSPS) is 22.9. The molecule has 6 heteroatoms. The lowest BCUT2D eigenvalue weighted by Crippen LogP contribution is -2.53. The van der Waals surface area contributed by atoms with Gasteiger partial charge in [0.05, 0.1) is 6.26 Å². The highest BCUT2D eigenvalue weighted by molar-refractivity contribution is 7.88. The summed E-state index contributed by atoms with van der Waals surface area (Å²) in [5, 5.41) is 4.22. The Morgan fingerprint density at radius 2 is 2.00 bits per heavy atom. The first-order chi connectivity index (χ1) is 9.65. The molecule has 0 atom stereocenters. The van der Waals surface area contributed by atoms with E-state index in [1.54, 1.807) is 0 Å². The Hall–Kier alpha value is -0.620. The van der Waals surface area contributed by atoms with E-state index in [0.717, 1.165) is 17.9 Å². The van der Waals surface area contributed by atoms with Crippen LogP contribution in [0, 0.1) is 0 Å². The zero-order valence-electron chi connectivity index (χ0n) is 12.7. The van der Waals surface area contributed by atoms with Gasteiger partial charge in [-0.15, -0.1) is 0 Å². The number of sulfonamides is 1. The number of nitrogens with one attached hydrogen (secondary N) is 2. The van der Waals surface area contributed by atoms with Crippen LogP contribution in [-0.2, 0) is 10.0 Å². The van der Waals surface area contributed by atoms with Crippen LogP contribution in [0.25, 0.3) is 0 Å². The second-order valence-electron chi connectivity index (χ2n) is 6.56. The zero-order valence-corrected chi connectivity index (χ0v) is 14.3. The van der Waals surface area contributed by atoms with Gasteiger partial charge in [0.2, 0.25) is 10.0 Å². The highest BCUT2D eigenvalue weighted by atomic mass is 35.5. The summed E-state index contributed by atoms with van der Waals surface area (Å²) in [6.07, 6.45) is 3.32. The summed E-state index contributed by atoms with van der Waals surface area (Å²) in [7, 11) is -3.18. The quantitative estimate of drug-likeness (QED) is 0.842. The van der Waals surface area contributed by atoms with Gasteiger partial charge in [0, 0.05) is 23.1 Å². The summed E-state index contributed by atoms with van der Waals surface area (Å²) in [5.74, 6) is 0.548. The molecule has 118 valence electrons. The fourth-order valence-electron chi connectivity index (χ4n) is 2.75. The Kier molecular flexibility index (Phi) is 4.98.